The maximum atomic E-state index is 14.1. The van der Waals surface area contributed by atoms with Gasteiger partial charge < -0.3 is 10.5 Å². The Labute approximate surface area is 137 Å². The van der Waals surface area contributed by atoms with E-state index in [-0.39, 0.29) is 18.9 Å². The van der Waals surface area contributed by atoms with Crippen LogP contribution in [0.15, 0.2) is 16.9 Å². The lowest BCUT2D eigenvalue weighted by atomic mass is 9.87. The van der Waals surface area contributed by atoms with Gasteiger partial charge in [0.25, 0.3) is 5.92 Å². The van der Waals surface area contributed by atoms with Crippen molar-refractivity contribution in [3.8, 4) is 0 Å². The summed E-state index contributed by atoms with van der Waals surface area (Å²) in [6.07, 6.45) is 0.782. The fourth-order valence-electron chi connectivity index (χ4n) is 2.90. The molecule has 0 aromatic heterocycles. The SMILES string of the molecule is NC=C(C(Cl)=NC1CC(N2CCOCC2)CCC1(F)F)[N+](=O)[O-]. The van der Waals surface area contributed by atoms with Crippen molar-refractivity contribution in [3.63, 3.8) is 0 Å². The highest BCUT2D eigenvalue weighted by Crippen LogP contribution is 2.38. The molecule has 0 aromatic rings. The predicted molar refractivity (Wildman–Crippen MR) is 81.3 cm³/mol. The van der Waals surface area contributed by atoms with E-state index in [1.807, 2.05) is 0 Å². The number of rotatable bonds is 4. The number of halogens is 3. The van der Waals surface area contributed by atoms with E-state index in [0.29, 0.717) is 38.9 Å². The highest BCUT2D eigenvalue weighted by atomic mass is 35.5. The summed E-state index contributed by atoms with van der Waals surface area (Å²) in [5.41, 5.74) is 4.44. The number of nitro groups is 1. The predicted octanol–water partition coefficient (Wildman–Crippen LogP) is 1.59. The van der Waals surface area contributed by atoms with Gasteiger partial charge in [0.1, 0.15) is 6.04 Å². The number of nitrogens with zero attached hydrogens (tertiary/aromatic N) is 3. The van der Waals surface area contributed by atoms with E-state index in [9.17, 15) is 18.9 Å². The molecule has 2 aliphatic rings. The Morgan fingerprint density at radius 3 is 2.70 bits per heavy atom. The van der Waals surface area contributed by atoms with Gasteiger partial charge in [-0.05, 0) is 12.8 Å². The molecule has 0 radical (unpaired) electrons. The van der Waals surface area contributed by atoms with Crippen molar-refractivity contribution in [3.05, 3.63) is 22.0 Å². The molecule has 0 aromatic carbocycles. The van der Waals surface area contributed by atoms with Crippen molar-refractivity contribution in [2.45, 2.75) is 37.3 Å². The number of morpholine rings is 1. The molecule has 1 aliphatic carbocycles. The molecule has 1 heterocycles. The van der Waals surface area contributed by atoms with Crippen molar-refractivity contribution in [2.24, 2.45) is 10.7 Å². The fraction of sp³-hybridized carbons (Fsp3) is 0.769. The van der Waals surface area contributed by atoms with Crippen LogP contribution in [0, 0.1) is 10.1 Å². The second-order valence-corrected chi connectivity index (χ2v) is 5.94. The topological polar surface area (TPSA) is 94.0 Å². The van der Waals surface area contributed by atoms with Gasteiger partial charge in [0.15, 0.2) is 0 Å². The van der Waals surface area contributed by atoms with Gasteiger partial charge in [-0.15, -0.1) is 0 Å². The highest BCUT2D eigenvalue weighted by Gasteiger charge is 2.46. The average molecular weight is 353 g/mol. The number of hydrogen-bond acceptors (Lipinski definition) is 6. The van der Waals surface area contributed by atoms with E-state index in [1.165, 1.54) is 0 Å². The van der Waals surface area contributed by atoms with E-state index < -0.39 is 27.8 Å². The zero-order valence-electron chi connectivity index (χ0n) is 12.5. The van der Waals surface area contributed by atoms with Gasteiger partial charge in [-0.1, -0.05) is 11.6 Å². The van der Waals surface area contributed by atoms with Crippen molar-refractivity contribution < 1.29 is 18.4 Å². The number of ether oxygens (including phenoxy) is 1. The number of nitrogens with two attached hydrogens (primary N) is 1. The van der Waals surface area contributed by atoms with E-state index in [2.05, 4.69) is 9.89 Å². The molecule has 2 rings (SSSR count). The molecule has 2 atom stereocenters. The molecule has 2 fully saturated rings. The Hall–Kier alpha value is -1.32. The third-order valence-electron chi connectivity index (χ3n) is 4.19. The van der Waals surface area contributed by atoms with Crippen LogP contribution in [-0.2, 0) is 4.74 Å². The minimum absolute atomic E-state index is 0.0577. The van der Waals surface area contributed by atoms with Crippen LogP contribution in [0.5, 0.6) is 0 Å². The zero-order valence-corrected chi connectivity index (χ0v) is 13.2. The van der Waals surface area contributed by atoms with E-state index >= 15 is 0 Å². The maximum Gasteiger partial charge on any atom is 0.321 e. The van der Waals surface area contributed by atoms with Gasteiger partial charge in [-0.3, -0.25) is 20.0 Å². The molecule has 0 amide bonds. The lowest BCUT2D eigenvalue weighted by Gasteiger charge is -2.41. The maximum absolute atomic E-state index is 14.1. The second kappa shape index (κ2) is 7.50. The van der Waals surface area contributed by atoms with Gasteiger partial charge in [0.2, 0.25) is 5.17 Å². The molecule has 0 bridgehead atoms. The molecule has 130 valence electrons. The quantitative estimate of drug-likeness (QED) is 0.471. The van der Waals surface area contributed by atoms with Crippen LogP contribution in [0.4, 0.5) is 8.78 Å². The second-order valence-electron chi connectivity index (χ2n) is 5.58. The van der Waals surface area contributed by atoms with Crippen LogP contribution in [0.2, 0.25) is 0 Å². The Bertz CT molecular complexity index is 509. The van der Waals surface area contributed by atoms with Crippen molar-refractivity contribution in [1.82, 2.24) is 4.90 Å². The third kappa shape index (κ3) is 4.36. The first-order valence-electron chi connectivity index (χ1n) is 7.34. The first kappa shape index (κ1) is 18.0. The smallest absolute Gasteiger partial charge is 0.321 e. The molecular weight excluding hydrogens is 334 g/mol. The molecule has 0 spiro atoms. The molecule has 10 heteroatoms. The van der Waals surface area contributed by atoms with Crippen molar-refractivity contribution in [2.75, 3.05) is 26.3 Å². The summed E-state index contributed by atoms with van der Waals surface area (Å²) in [6.45, 7) is 2.51. The molecular formula is C13H19ClF2N4O3. The van der Waals surface area contributed by atoms with Crippen LogP contribution in [0.25, 0.3) is 0 Å². The van der Waals surface area contributed by atoms with Gasteiger partial charge in [-0.25, -0.2) is 8.78 Å². The summed E-state index contributed by atoms with van der Waals surface area (Å²) in [4.78, 5) is 15.7. The summed E-state index contributed by atoms with van der Waals surface area (Å²) < 4.78 is 33.5. The van der Waals surface area contributed by atoms with E-state index in [4.69, 9.17) is 22.1 Å². The van der Waals surface area contributed by atoms with Crippen molar-refractivity contribution in [1.29, 1.82) is 0 Å². The summed E-state index contributed by atoms with van der Waals surface area (Å²) >= 11 is 5.73. The third-order valence-corrected chi connectivity index (χ3v) is 4.48. The lowest BCUT2D eigenvalue weighted by Crippen LogP contribution is -2.50. The monoisotopic (exact) mass is 352 g/mol. The molecule has 2 unspecified atom stereocenters. The average Bonchev–Trinajstić information content (AvgIpc) is 2.50. The Kier molecular flexibility index (Phi) is 5.88. The summed E-state index contributed by atoms with van der Waals surface area (Å²) in [5, 5.41) is 10.2. The minimum Gasteiger partial charge on any atom is -0.399 e. The summed E-state index contributed by atoms with van der Waals surface area (Å²) in [7, 11) is 0. The van der Waals surface area contributed by atoms with Crippen LogP contribution < -0.4 is 5.73 Å². The highest BCUT2D eigenvalue weighted by molar-refractivity contribution is 6.69. The first-order valence-corrected chi connectivity index (χ1v) is 7.72. The Morgan fingerprint density at radius 1 is 1.48 bits per heavy atom. The number of hydrogen-bond donors (Lipinski definition) is 1. The number of allylic oxidation sites excluding steroid dienone is 1. The molecule has 23 heavy (non-hydrogen) atoms. The Balaban J connectivity index is 2.14. The normalized spacial score (nSPS) is 30.2. The van der Waals surface area contributed by atoms with E-state index in [1.54, 1.807) is 0 Å². The lowest BCUT2D eigenvalue weighted by molar-refractivity contribution is -0.414. The van der Waals surface area contributed by atoms with Crippen LogP contribution >= 0.6 is 11.6 Å². The molecule has 2 N–H and O–H groups in total. The largest absolute Gasteiger partial charge is 0.399 e. The van der Waals surface area contributed by atoms with Crippen LogP contribution in [0.3, 0.4) is 0 Å². The number of alkyl halides is 2. The summed E-state index contributed by atoms with van der Waals surface area (Å²) in [5.74, 6) is -3.04. The van der Waals surface area contributed by atoms with Gasteiger partial charge in [-0.2, -0.15) is 0 Å². The van der Waals surface area contributed by atoms with E-state index in [0.717, 1.165) is 0 Å². The molecule has 1 saturated carbocycles. The molecule has 1 aliphatic heterocycles. The van der Waals surface area contributed by atoms with Gasteiger partial charge in [0.05, 0.1) is 24.3 Å². The fourth-order valence-corrected chi connectivity index (χ4v) is 3.15. The molecule has 1 saturated heterocycles. The standard InChI is InChI=1S/C13H19ClF2N4O3/c14-12(10(8-17)20(21)22)18-11-7-9(1-2-13(11,15)16)19-3-5-23-6-4-19/h8-9,11H,1-7,17H2. The minimum atomic E-state index is -3.04. The zero-order chi connectivity index (χ0) is 17.0. The Morgan fingerprint density at radius 2 is 2.13 bits per heavy atom. The summed E-state index contributed by atoms with van der Waals surface area (Å²) in [6, 6.07) is -1.45. The van der Waals surface area contributed by atoms with Gasteiger partial charge >= 0.3 is 5.70 Å². The van der Waals surface area contributed by atoms with Crippen molar-refractivity contribution >= 4 is 16.8 Å². The number of aliphatic imine (C=N–C) groups is 1. The van der Waals surface area contributed by atoms with Crippen LogP contribution in [0.1, 0.15) is 19.3 Å². The first-order chi connectivity index (χ1) is 10.8. The van der Waals surface area contributed by atoms with Gasteiger partial charge in [0, 0.05) is 25.6 Å². The molecule has 7 nitrogen and oxygen atoms in total. The van der Waals surface area contributed by atoms with Crippen LogP contribution in [-0.4, -0.2) is 59.3 Å².